The van der Waals surface area contributed by atoms with Gasteiger partial charge in [-0.15, -0.1) is 0 Å². The molecular weight excluding hydrogens is 464 g/mol. The van der Waals surface area contributed by atoms with E-state index in [2.05, 4.69) is 15.3 Å². The van der Waals surface area contributed by atoms with Crippen LogP contribution in [0.1, 0.15) is 45.7 Å². The monoisotopic (exact) mass is 496 g/mol. The molecule has 0 saturated carbocycles. The summed E-state index contributed by atoms with van der Waals surface area (Å²) >= 11 is 5.98. The van der Waals surface area contributed by atoms with Crippen LogP contribution in [0.5, 0.6) is 5.75 Å². The predicted molar refractivity (Wildman–Crippen MR) is 140 cm³/mol. The Morgan fingerprint density at radius 1 is 1.14 bits per heavy atom. The molecule has 2 N–H and O–H groups in total. The van der Waals surface area contributed by atoms with E-state index in [0.29, 0.717) is 30.5 Å². The third-order valence-corrected chi connectivity index (χ3v) is 5.49. The Labute approximate surface area is 212 Å². The van der Waals surface area contributed by atoms with Gasteiger partial charge in [0, 0.05) is 30.9 Å². The highest BCUT2D eigenvalue weighted by molar-refractivity contribution is 6.32. The minimum atomic E-state index is -0.551. The standard InChI is InChI=1S/C27H33ClN4O3/c1-18(2)32(26(34)35-27(3,4)5)17-20-7-6-8-21(15-20)23-12-14-30-25(31-23)29-13-11-19-9-10-24(33)22(28)16-19/h6-10,12,14-16,18,33H,11,13,17H2,1-5H3,(H,29,30,31). The first-order valence-electron chi connectivity index (χ1n) is 11.6. The van der Waals surface area contributed by atoms with Crippen molar-refractivity contribution < 1.29 is 14.6 Å². The fourth-order valence-corrected chi connectivity index (χ4v) is 3.64. The van der Waals surface area contributed by atoms with E-state index in [1.54, 1.807) is 23.2 Å². The van der Waals surface area contributed by atoms with Crippen LogP contribution >= 0.6 is 11.6 Å². The van der Waals surface area contributed by atoms with Gasteiger partial charge < -0.3 is 20.1 Å². The van der Waals surface area contributed by atoms with Crippen LogP contribution in [-0.2, 0) is 17.7 Å². The fraction of sp³-hybridized carbons (Fsp3) is 0.370. The lowest BCUT2D eigenvalue weighted by Gasteiger charge is -2.30. The molecule has 0 atom stereocenters. The molecule has 0 aliphatic carbocycles. The molecule has 0 fully saturated rings. The highest BCUT2D eigenvalue weighted by Gasteiger charge is 2.24. The zero-order valence-corrected chi connectivity index (χ0v) is 21.6. The Balaban J connectivity index is 1.68. The van der Waals surface area contributed by atoms with Crippen molar-refractivity contribution in [1.82, 2.24) is 14.9 Å². The molecule has 1 amide bonds. The summed E-state index contributed by atoms with van der Waals surface area (Å²) in [4.78, 5) is 23.4. The molecule has 186 valence electrons. The summed E-state index contributed by atoms with van der Waals surface area (Å²) in [5.41, 5.74) is 3.16. The number of benzene rings is 2. The lowest BCUT2D eigenvalue weighted by Crippen LogP contribution is -2.40. The van der Waals surface area contributed by atoms with Gasteiger partial charge in [-0.1, -0.05) is 35.9 Å². The maximum absolute atomic E-state index is 12.7. The van der Waals surface area contributed by atoms with Crippen LogP contribution in [0.4, 0.5) is 10.7 Å². The summed E-state index contributed by atoms with van der Waals surface area (Å²) in [6.07, 6.45) is 2.09. The van der Waals surface area contributed by atoms with Gasteiger partial charge in [0.1, 0.15) is 11.4 Å². The average Bonchev–Trinajstić information content (AvgIpc) is 2.79. The van der Waals surface area contributed by atoms with Crippen molar-refractivity contribution in [3.05, 3.63) is 70.9 Å². The minimum Gasteiger partial charge on any atom is -0.506 e. The molecule has 0 spiro atoms. The number of nitrogens with one attached hydrogen (secondary N) is 1. The second kappa shape index (κ2) is 11.4. The highest BCUT2D eigenvalue weighted by atomic mass is 35.5. The molecule has 8 heteroatoms. The number of amides is 1. The molecule has 0 saturated heterocycles. The molecular formula is C27H33ClN4O3. The zero-order valence-electron chi connectivity index (χ0n) is 20.9. The zero-order chi connectivity index (χ0) is 25.6. The number of carbonyl (C=O) groups excluding carboxylic acids is 1. The topological polar surface area (TPSA) is 87.6 Å². The Morgan fingerprint density at radius 3 is 2.60 bits per heavy atom. The van der Waals surface area contributed by atoms with Crippen molar-refractivity contribution in [1.29, 1.82) is 0 Å². The lowest BCUT2D eigenvalue weighted by atomic mass is 10.1. The Bertz CT molecular complexity index is 1160. The average molecular weight is 497 g/mol. The number of phenolic OH excluding ortho intramolecular Hbond substituents is 1. The van der Waals surface area contributed by atoms with Crippen LogP contribution in [0, 0.1) is 0 Å². The first kappa shape index (κ1) is 26.3. The number of ether oxygens (including phenoxy) is 1. The summed E-state index contributed by atoms with van der Waals surface area (Å²) in [5, 5.41) is 13.1. The minimum absolute atomic E-state index is 0.00757. The first-order chi connectivity index (χ1) is 16.5. The lowest BCUT2D eigenvalue weighted by molar-refractivity contribution is 0.0172. The number of halogens is 1. The van der Waals surface area contributed by atoms with Crippen LogP contribution in [0.2, 0.25) is 5.02 Å². The molecule has 35 heavy (non-hydrogen) atoms. The molecule has 0 radical (unpaired) electrons. The number of anilines is 1. The molecule has 0 unspecified atom stereocenters. The second-order valence-corrected chi connectivity index (χ2v) is 10.0. The maximum atomic E-state index is 12.7. The molecule has 7 nitrogen and oxygen atoms in total. The van der Waals surface area contributed by atoms with Gasteiger partial charge in [-0.2, -0.15) is 0 Å². The van der Waals surface area contributed by atoms with E-state index in [0.717, 1.165) is 22.4 Å². The van der Waals surface area contributed by atoms with E-state index in [4.69, 9.17) is 16.3 Å². The first-order valence-corrected chi connectivity index (χ1v) is 12.0. The van der Waals surface area contributed by atoms with Crippen molar-refractivity contribution in [2.75, 3.05) is 11.9 Å². The van der Waals surface area contributed by atoms with Crippen molar-refractivity contribution in [3.8, 4) is 17.0 Å². The molecule has 2 aromatic carbocycles. The SMILES string of the molecule is CC(C)N(Cc1cccc(-c2ccnc(NCCc3ccc(O)c(Cl)c3)n2)c1)C(=O)OC(C)(C)C. The second-order valence-electron chi connectivity index (χ2n) is 9.63. The van der Waals surface area contributed by atoms with Gasteiger partial charge in [0.25, 0.3) is 0 Å². The van der Waals surface area contributed by atoms with E-state index >= 15 is 0 Å². The number of phenols is 1. The van der Waals surface area contributed by atoms with Gasteiger partial charge in [-0.05, 0) is 76.4 Å². The van der Waals surface area contributed by atoms with Gasteiger partial charge in [-0.25, -0.2) is 14.8 Å². The summed E-state index contributed by atoms with van der Waals surface area (Å²) < 4.78 is 5.58. The van der Waals surface area contributed by atoms with E-state index in [1.165, 1.54) is 0 Å². The number of aromatic nitrogens is 2. The van der Waals surface area contributed by atoms with E-state index in [-0.39, 0.29) is 17.9 Å². The normalized spacial score (nSPS) is 11.4. The number of carbonyl (C=O) groups is 1. The summed E-state index contributed by atoms with van der Waals surface area (Å²) in [6, 6.07) is 15.0. The van der Waals surface area contributed by atoms with Gasteiger partial charge >= 0.3 is 6.09 Å². The van der Waals surface area contributed by atoms with Crippen LogP contribution in [-0.4, -0.2) is 44.3 Å². The molecule has 3 aromatic rings. The largest absolute Gasteiger partial charge is 0.506 e. The highest BCUT2D eigenvalue weighted by Crippen LogP contribution is 2.24. The van der Waals surface area contributed by atoms with E-state index < -0.39 is 5.60 Å². The van der Waals surface area contributed by atoms with Crippen LogP contribution in [0.3, 0.4) is 0 Å². The third kappa shape index (κ3) is 7.86. The van der Waals surface area contributed by atoms with Gasteiger partial charge in [0.2, 0.25) is 5.95 Å². The fourth-order valence-electron chi connectivity index (χ4n) is 3.43. The summed E-state index contributed by atoms with van der Waals surface area (Å²) in [7, 11) is 0. The Morgan fingerprint density at radius 2 is 1.91 bits per heavy atom. The summed E-state index contributed by atoms with van der Waals surface area (Å²) in [5.74, 6) is 0.597. The number of nitrogens with zero attached hydrogens (tertiary/aromatic N) is 3. The number of hydrogen-bond donors (Lipinski definition) is 2. The van der Waals surface area contributed by atoms with Gasteiger partial charge in [0.15, 0.2) is 0 Å². The van der Waals surface area contributed by atoms with E-state index in [1.807, 2.05) is 71.0 Å². The van der Waals surface area contributed by atoms with Crippen molar-refractivity contribution in [3.63, 3.8) is 0 Å². The maximum Gasteiger partial charge on any atom is 0.410 e. The Hall–Kier alpha value is -3.32. The van der Waals surface area contributed by atoms with Crippen LogP contribution < -0.4 is 5.32 Å². The molecule has 3 rings (SSSR count). The van der Waals surface area contributed by atoms with Crippen molar-refractivity contribution in [2.45, 2.75) is 59.2 Å². The number of rotatable bonds is 8. The third-order valence-electron chi connectivity index (χ3n) is 5.19. The molecule has 0 aliphatic rings. The quantitative estimate of drug-likeness (QED) is 0.380. The van der Waals surface area contributed by atoms with Gasteiger partial charge in [-0.3, -0.25) is 0 Å². The predicted octanol–water partition coefficient (Wildman–Crippen LogP) is 6.30. The van der Waals surface area contributed by atoms with Gasteiger partial charge in [0.05, 0.1) is 10.7 Å². The van der Waals surface area contributed by atoms with Crippen LogP contribution in [0.15, 0.2) is 54.7 Å². The van der Waals surface area contributed by atoms with Crippen LogP contribution in [0.25, 0.3) is 11.3 Å². The molecule has 1 heterocycles. The number of aromatic hydroxyl groups is 1. The molecule has 1 aromatic heterocycles. The molecule has 0 bridgehead atoms. The smallest absolute Gasteiger partial charge is 0.410 e. The Kier molecular flexibility index (Phi) is 8.57. The van der Waals surface area contributed by atoms with Crippen molar-refractivity contribution in [2.24, 2.45) is 0 Å². The van der Waals surface area contributed by atoms with E-state index in [9.17, 15) is 9.90 Å². The number of hydrogen-bond acceptors (Lipinski definition) is 6. The van der Waals surface area contributed by atoms with Crippen molar-refractivity contribution >= 4 is 23.6 Å². The summed E-state index contributed by atoms with van der Waals surface area (Å²) in [6.45, 7) is 10.6. The molecule has 0 aliphatic heterocycles.